The van der Waals surface area contributed by atoms with Gasteiger partial charge in [-0.3, -0.25) is 4.68 Å². The molecule has 18 heavy (non-hydrogen) atoms. The number of benzene rings is 1. The number of nitrogens with zero attached hydrogens (tertiary/aromatic N) is 2. The molecule has 0 amide bonds. The van der Waals surface area contributed by atoms with Gasteiger partial charge in [0.2, 0.25) is 0 Å². The molecule has 2 rings (SSSR count). The van der Waals surface area contributed by atoms with Gasteiger partial charge in [-0.2, -0.15) is 5.10 Å². The van der Waals surface area contributed by atoms with Crippen LogP contribution in [-0.4, -0.2) is 20.9 Å². The second-order valence-electron chi connectivity index (χ2n) is 4.25. The molecule has 0 fully saturated rings. The first kappa shape index (κ1) is 12.8. The molecule has 0 bridgehead atoms. The average molecular weight is 309 g/mol. The van der Waals surface area contributed by atoms with Gasteiger partial charge in [-0.05, 0) is 53.0 Å². The monoisotopic (exact) mass is 308 g/mol. The smallest absolute Gasteiger partial charge is 0.335 e. The predicted molar refractivity (Wildman–Crippen MR) is 72.8 cm³/mol. The summed E-state index contributed by atoms with van der Waals surface area (Å²) in [5, 5.41) is 13.3. The fourth-order valence-electron chi connectivity index (χ4n) is 2.02. The molecular formula is C13H13BrN2O2. The molecule has 0 spiro atoms. The van der Waals surface area contributed by atoms with Gasteiger partial charge in [0.15, 0.2) is 0 Å². The lowest BCUT2D eigenvalue weighted by Gasteiger charge is -2.11. The first-order valence-electron chi connectivity index (χ1n) is 5.44. The zero-order valence-electron chi connectivity index (χ0n) is 10.4. The van der Waals surface area contributed by atoms with Crippen molar-refractivity contribution in [2.45, 2.75) is 13.8 Å². The zero-order chi connectivity index (χ0) is 13.4. The van der Waals surface area contributed by atoms with Crippen molar-refractivity contribution in [1.29, 1.82) is 0 Å². The maximum Gasteiger partial charge on any atom is 0.335 e. The number of carboxylic acid groups (broad SMARTS) is 1. The molecule has 0 aliphatic rings. The van der Waals surface area contributed by atoms with E-state index in [-0.39, 0.29) is 0 Å². The molecule has 0 atom stereocenters. The lowest BCUT2D eigenvalue weighted by molar-refractivity contribution is 0.0696. The summed E-state index contributed by atoms with van der Waals surface area (Å²) in [4.78, 5) is 11.1. The number of carboxylic acids is 1. The molecule has 1 heterocycles. The number of hydrogen-bond acceptors (Lipinski definition) is 2. The first-order chi connectivity index (χ1) is 8.41. The Hall–Kier alpha value is -1.62. The fourth-order valence-corrected chi connectivity index (χ4v) is 2.58. The molecule has 0 unspecified atom stereocenters. The SMILES string of the molecule is Cc1cc(-c2c(Br)cnn2C)c(C)cc1C(=O)O. The molecular weight excluding hydrogens is 296 g/mol. The predicted octanol–water partition coefficient (Wildman–Crippen LogP) is 3.16. The topological polar surface area (TPSA) is 55.1 Å². The summed E-state index contributed by atoms with van der Waals surface area (Å²) in [6.07, 6.45) is 1.73. The van der Waals surface area contributed by atoms with Crippen molar-refractivity contribution < 1.29 is 9.90 Å². The number of aromatic nitrogens is 2. The number of aryl methyl sites for hydroxylation is 3. The van der Waals surface area contributed by atoms with Gasteiger partial charge in [0.05, 0.1) is 21.9 Å². The summed E-state index contributed by atoms with van der Waals surface area (Å²) < 4.78 is 2.67. The summed E-state index contributed by atoms with van der Waals surface area (Å²) in [6.45, 7) is 3.71. The van der Waals surface area contributed by atoms with Crippen molar-refractivity contribution in [1.82, 2.24) is 9.78 Å². The van der Waals surface area contributed by atoms with Crippen LogP contribution in [0.5, 0.6) is 0 Å². The highest BCUT2D eigenvalue weighted by atomic mass is 79.9. The number of hydrogen-bond donors (Lipinski definition) is 1. The maximum atomic E-state index is 11.1. The van der Waals surface area contributed by atoms with E-state index in [1.807, 2.05) is 20.0 Å². The van der Waals surface area contributed by atoms with Crippen molar-refractivity contribution in [3.8, 4) is 11.3 Å². The lowest BCUT2D eigenvalue weighted by Crippen LogP contribution is -2.03. The maximum absolute atomic E-state index is 11.1. The Bertz CT molecular complexity index is 613. The Labute approximate surface area is 113 Å². The zero-order valence-corrected chi connectivity index (χ0v) is 11.9. The van der Waals surface area contributed by atoms with Crippen LogP contribution in [0.3, 0.4) is 0 Å². The summed E-state index contributed by atoms with van der Waals surface area (Å²) >= 11 is 3.46. The summed E-state index contributed by atoms with van der Waals surface area (Å²) in [6, 6.07) is 3.59. The first-order valence-corrected chi connectivity index (χ1v) is 6.23. The second kappa shape index (κ2) is 4.57. The molecule has 0 radical (unpaired) electrons. The van der Waals surface area contributed by atoms with Crippen molar-refractivity contribution in [3.05, 3.63) is 39.5 Å². The molecule has 0 saturated carbocycles. The van der Waals surface area contributed by atoms with Crippen molar-refractivity contribution >= 4 is 21.9 Å². The number of carbonyl (C=O) groups is 1. The van der Waals surface area contributed by atoms with E-state index in [1.54, 1.807) is 23.9 Å². The van der Waals surface area contributed by atoms with Crippen LogP contribution in [0.2, 0.25) is 0 Å². The Kier molecular flexibility index (Phi) is 3.26. The van der Waals surface area contributed by atoms with Crippen LogP contribution in [0.25, 0.3) is 11.3 Å². The Morgan fingerprint density at radius 3 is 2.50 bits per heavy atom. The molecule has 1 aromatic heterocycles. The van der Waals surface area contributed by atoms with Crippen molar-refractivity contribution in [3.63, 3.8) is 0 Å². The summed E-state index contributed by atoms with van der Waals surface area (Å²) in [5.41, 5.74) is 3.95. The Morgan fingerprint density at radius 2 is 2.00 bits per heavy atom. The largest absolute Gasteiger partial charge is 0.478 e. The number of halogens is 1. The molecule has 5 heteroatoms. The van der Waals surface area contributed by atoms with Crippen LogP contribution in [0.1, 0.15) is 21.5 Å². The van der Waals surface area contributed by atoms with E-state index in [0.29, 0.717) is 5.56 Å². The van der Waals surface area contributed by atoms with Crippen LogP contribution in [0.4, 0.5) is 0 Å². The standard InChI is InChI=1S/C13H13BrN2O2/c1-7-5-10(13(17)18)8(2)4-9(7)12-11(14)6-15-16(12)3/h4-6H,1-3H3,(H,17,18). The van der Waals surface area contributed by atoms with Crippen LogP contribution < -0.4 is 0 Å². The molecule has 0 aliphatic carbocycles. The second-order valence-corrected chi connectivity index (χ2v) is 5.11. The van der Waals surface area contributed by atoms with Gasteiger partial charge < -0.3 is 5.11 Å². The molecule has 1 N–H and O–H groups in total. The quantitative estimate of drug-likeness (QED) is 0.927. The van der Waals surface area contributed by atoms with Gasteiger partial charge in [0, 0.05) is 12.6 Å². The summed E-state index contributed by atoms with van der Waals surface area (Å²) in [5.74, 6) is -0.897. The van der Waals surface area contributed by atoms with E-state index in [2.05, 4.69) is 21.0 Å². The highest BCUT2D eigenvalue weighted by Gasteiger charge is 2.15. The van der Waals surface area contributed by atoms with Gasteiger partial charge in [-0.15, -0.1) is 0 Å². The highest BCUT2D eigenvalue weighted by molar-refractivity contribution is 9.10. The van der Waals surface area contributed by atoms with E-state index < -0.39 is 5.97 Å². The number of aromatic carboxylic acids is 1. The van der Waals surface area contributed by atoms with Gasteiger partial charge >= 0.3 is 5.97 Å². The number of rotatable bonds is 2. The third kappa shape index (κ3) is 2.06. The lowest BCUT2D eigenvalue weighted by atomic mass is 9.98. The van der Waals surface area contributed by atoms with Crippen LogP contribution in [0.15, 0.2) is 22.8 Å². The Morgan fingerprint density at radius 1 is 1.33 bits per heavy atom. The molecule has 4 nitrogen and oxygen atoms in total. The van der Waals surface area contributed by atoms with Crippen LogP contribution in [-0.2, 0) is 7.05 Å². The van der Waals surface area contributed by atoms with E-state index in [0.717, 1.165) is 26.9 Å². The van der Waals surface area contributed by atoms with Crippen LogP contribution in [0, 0.1) is 13.8 Å². The van der Waals surface area contributed by atoms with E-state index in [1.165, 1.54) is 0 Å². The minimum atomic E-state index is -0.897. The van der Waals surface area contributed by atoms with Gasteiger partial charge in [0.1, 0.15) is 0 Å². The molecule has 2 aromatic rings. The normalized spacial score (nSPS) is 10.7. The third-order valence-corrected chi connectivity index (χ3v) is 3.53. The average Bonchev–Trinajstić information content (AvgIpc) is 2.61. The van der Waals surface area contributed by atoms with E-state index in [9.17, 15) is 4.79 Å². The highest BCUT2D eigenvalue weighted by Crippen LogP contribution is 2.31. The van der Waals surface area contributed by atoms with Gasteiger partial charge in [-0.25, -0.2) is 4.79 Å². The Balaban J connectivity index is 2.68. The third-order valence-electron chi connectivity index (χ3n) is 2.95. The van der Waals surface area contributed by atoms with Crippen molar-refractivity contribution in [2.24, 2.45) is 7.05 Å². The molecule has 1 aromatic carbocycles. The van der Waals surface area contributed by atoms with E-state index in [4.69, 9.17) is 5.11 Å². The fraction of sp³-hybridized carbons (Fsp3) is 0.231. The van der Waals surface area contributed by atoms with Gasteiger partial charge in [-0.1, -0.05) is 0 Å². The molecule has 0 saturated heterocycles. The van der Waals surface area contributed by atoms with E-state index >= 15 is 0 Å². The van der Waals surface area contributed by atoms with Crippen LogP contribution >= 0.6 is 15.9 Å². The molecule has 0 aliphatic heterocycles. The van der Waals surface area contributed by atoms with Gasteiger partial charge in [0.25, 0.3) is 0 Å². The van der Waals surface area contributed by atoms with Crippen molar-refractivity contribution in [2.75, 3.05) is 0 Å². The molecule has 94 valence electrons. The minimum absolute atomic E-state index is 0.342. The summed E-state index contributed by atoms with van der Waals surface area (Å²) in [7, 11) is 1.86. The minimum Gasteiger partial charge on any atom is -0.478 e.